The predicted molar refractivity (Wildman–Crippen MR) is 126 cm³/mol. The van der Waals surface area contributed by atoms with Crippen LogP contribution in [0.2, 0.25) is 0 Å². The zero-order chi connectivity index (χ0) is 20.9. The van der Waals surface area contributed by atoms with E-state index in [2.05, 4.69) is 20.9 Å². The second-order valence-electron chi connectivity index (χ2n) is 6.11. The summed E-state index contributed by atoms with van der Waals surface area (Å²) in [5.41, 5.74) is 0.643. The number of carbonyl (C=O) groups excluding carboxylic acids is 1. The molecule has 0 bridgehead atoms. The molecule has 0 aliphatic heterocycles. The van der Waals surface area contributed by atoms with Crippen LogP contribution in [0.3, 0.4) is 0 Å². The molecule has 0 heterocycles. The van der Waals surface area contributed by atoms with E-state index >= 15 is 0 Å². The minimum atomic E-state index is -0.345. The van der Waals surface area contributed by atoms with E-state index in [4.69, 9.17) is 9.47 Å². The number of benzene rings is 2. The van der Waals surface area contributed by atoms with Gasteiger partial charge < -0.3 is 25.4 Å². The summed E-state index contributed by atoms with van der Waals surface area (Å²) in [6.07, 6.45) is 0.146. The van der Waals surface area contributed by atoms with E-state index in [1.807, 2.05) is 24.3 Å². The molecular weight excluding hydrogens is 502 g/mol. The smallest absolute Gasteiger partial charge is 0.224 e. The third-order valence-electron chi connectivity index (χ3n) is 3.94. The molecule has 2 aromatic carbocycles. The molecule has 0 saturated carbocycles. The molecule has 0 aromatic heterocycles. The fourth-order valence-corrected chi connectivity index (χ4v) is 2.51. The molecule has 0 unspecified atom stereocenters. The first-order valence-electron chi connectivity index (χ1n) is 9.33. The zero-order valence-electron chi connectivity index (χ0n) is 17.1. The second kappa shape index (κ2) is 14.4. The minimum Gasteiger partial charge on any atom is -0.497 e. The van der Waals surface area contributed by atoms with Gasteiger partial charge in [-0.15, -0.1) is 24.0 Å². The van der Waals surface area contributed by atoms with Gasteiger partial charge in [-0.2, -0.15) is 0 Å². The number of hydrogen-bond donors (Lipinski definition) is 3. The predicted octanol–water partition coefficient (Wildman–Crippen LogP) is 2.36. The van der Waals surface area contributed by atoms with Crippen molar-refractivity contribution in [1.82, 2.24) is 16.0 Å². The molecular formula is C21H28FIN4O3. The van der Waals surface area contributed by atoms with Gasteiger partial charge in [0.15, 0.2) is 5.96 Å². The zero-order valence-corrected chi connectivity index (χ0v) is 19.4. The summed E-state index contributed by atoms with van der Waals surface area (Å²) in [5, 5.41) is 9.02. The van der Waals surface area contributed by atoms with E-state index in [-0.39, 0.29) is 42.1 Å². The fourth-order valence-electron chi connectivity index (χ4n) is 2.51. The average Bonchev–Trinajstić information content (AvgIpc) is 2.73. The lowest BCUT2D eigenvalue weighted by Crippen LogP contribution is -2.42. The molecule has 0 aliphatic carbocycles. The largest absolute Gasteiger partial charge is 0.497 e. The van der Waals surface area contributed by atoms with Gasteiger partial charge in [-0.05, 0) is 42.0 Å². The van der Waals surface area contributed by atoms with Crippen molar-refractivity contribution in [2.24, 2.45) is 4.99 Å². The van der Waals surface area contributed by atoms with Crippen LogP contribution in [0.4, 0.5) is 4.39 Å². The van der Waals surface area contributed by atoms with Gasteiger partial charge in [-0.1, -0.05) is 12.1 Å². The normalized spacial score (nSPS) is 10.6. The highest BCUT2D eigenvalue weighted by atomic mass is 127. The number of amides is 1. The van der Waals surface area contributed by atoms with E-state index in [0.717, 1.165) is 11.5 Å². The van der Waals surface area contributed by atoms with Crippen molar-refractivity contribution in [3.63, 3.8) is 0 Å². The maximum atomic E-state index is 13.1. The van der Waals surface area contributed by atoms with Crippen molar-refractivity contribution in [3.8, 4) is 11.5 Å². The molecule has 9 heteroatoms. The maximum Gasteiger partial charge on any atom is 0.224 e. The number of nitrogens with one attached hydrogen (secondary N) is 3. The van der Waals surface area contributed by atoms with E-state index in [9.17, 15) is 9.18 Å². The summed E-state index contributed by atoms with van der Waals surface area (Å²) in [4.78, 5) is 16.0. The first-order valence-corrected chi connectivity index (χ1v) is 9.33. The highest BCUT2D eigenvalue weighted by molar-refractivity contribution is 14.0. The molecule has 1 amide bonds. The van der Waals surface area contributed by atoms with Gasteiger partial charge >= 0.3 is 0 Å². The Labute approximate surface area is 193 Å². The Bertz CT molecular complexity index is 803. The van der Waals surface area contributed by atoms with E-state index in [0.29, 0.717) is 37.8 Å². The summed E-state index contributed by atoms with van der Waals surface area (Å²) in [5.74, 6) is 1.65. The van der Waals surface area contributed by atoms with Crippen molar-refractivity contribution in [1.29, 1.82) is 0 Å². The summed E-state index contributed by atoms with van der Waals surface area (Å²) < 4.78 is 23.9. The summed E-state index contributed by atoms with van der Waals surface area (Å²) in [6, 6.07) is 13.4. The molecule has 164 valence electrons. The van der Waals surface area contributed by atoms with Crippen LogP contribution in [-0.2, 0) is 11.2 Å². The number of rotatable bonds is 10. The van der Waals surface area contributed by atoms with Crippen LogP contribution in [0.1, 0.15) is 5.56 Å². The Morgan fingerprint density at radius 3 is 2.33 bits per heavy atom. The Kier molecular flexibility index (Phi) is 12.3. The summed E-state index contributed by atoms with van der Waals surface area (Å²) in [6.45, 7) is 1.97. The van der Waals surface area contributed by atoms with Gasteiger partial charge in [0.2, 0.25) is 5.91 Å². The standard InChI is InChI=1S/C21H27FN4O3.HI/c1-23-21(26-12-13-29-19-8-6-18(28-2)7-9-19)25-11-10-24-20(27)15-16-4-3-5-17(22)14-16;/h3-9,14H,10-13,15H2,1-2H3,(H,24,27)(H2,23,25,26);1H. The Hall–Kier alpha value is -2.56. The van der Waals surface area contributed by atoms with Crippen LogP contribution in [0.15, 0.2) is 53.5 Å². The Morgan fingerprint density at radius 2 is 1.67 bits per heavy atom. The lowest BCUT2D eigenvalue weighted by Gasteiger charge is -2.13. The summed E-state index contributed by atoms with van der Waals surface area (Å²) >= 11 is 0. The Balaban J connectivity index is 0.00000450. The van der Waals surface area contributed by atoms with Gasteiger partial charge in [-0.3, -0.25) is 9.79 Å². The molecule has 2 aromatic rings. The molecule has 0 saturated heterocycles. The number of aliphatic imine (C=N–C) groups is 1. The second-order valence-corrected chi connectivity index (χ2v) is 6.11. The van der Waals surface area contributed by atoms with Crippen LogP contribution in [-0.4, -0.2) is 52.3 Å². The average molecular weight is 530 g/mol. The topological polar surface area (TPSA) is 84.0 Å². The molecule has 7 nitrogen and oxygen atoms in total. The molecule has 0 fully saturated rings. The van der Waals surface area contributed by atoms with Crippen molar-refractivity contribution < 1.29 is 18.7 Å². The third-order valence-corrected chi connectivity index (χ3v) is 3.94. The van der Waals surface area contributed by atoms with Crippen molar-refractivity contribution in [2.45, 2.75) is 6.42 Å². The highest BCUT2D eigenvalue weighted by Gasteiger charge is 2.04. The van der Waals surface area contributed by atoms with E-state index in [1.54, 1.807) is 26.3 Å². The lowest BCUT2D eigenvalue weighted by molar-refractivity contribution is -0.120. The monoisotopic (exact) mass is 530 g/mol. The van der Waals surface area contributed by atoms with Crippen LogP contribution < -0.4 is 25.4 Å². The van der Waals surface area contributed by atoms with Gasteiger partial charge in [0.1, 0.15) is 23.9 Å². The molecule has 0 radical (unpaired) electrons. The molecule has 3 N–H and O–H groups in total. The lowest BCUT2D eigenvalue weighted by atomic mass is 10.1. The molecule has 0 atom stereocenters. The van der Waals surface area contributed by atoms with Gasteiger partial charge in [0.05, 0.1) is 20.1 Å². The summed E-state index contributed by atoms with van der Waals surface area (Å²) in [7, 11) is 3.29. The molecule has 30 heavy (non-hydrogen) atoms. The van der Waals surface area contributed by atoms with Gasteiger partial charge in [0, 0.05) is 20.1 Å². The van der Waals surface area contributed by atoms with Gasteiger partial charge in [0.25, 0.3) is 0 Å². The number of carbonyl (C=O) groups is 1. The number of halogens is 2. The maximum absolute atomic E-state index is 13.1. The third kappa shape index (κ3) is 9.77. The number of nitrogens with zero attached hydrogens (tertiary/aromatic N) is 1. The van der Waals surface area contributed by atoms with E-state index < -0.39 is 0 Å². The number of guanidine groups is 1. The molecule has 2 rings (SSSR count). The molecule has 0 aliphatic rings. The first kappa shape index (κ1) is 25.5. The fraction of sp³-hybridized carbons (Fsp3) is 0.333. The Morgan fingerprint density at radius 1 is 1.00 bits per heavy atom. The first-order chi connectivity index (χ1) is 14.1. The van der Waals surface area contributed by atoms with Crippen LogP contribution in [0, 0.1) is 5.82 Å². The van der Waals surface area contributed by atoms with Crippen LogP contribution >= 0.6 is 24.0 Å². The number of ether oxygens (including phenoxy) is 2. The molecule has 0 spiro atoms. The SMILES string of the molecule is CN=C(NCCNC(=O)Cc1cccc(F)c1)NCCOc1ccc(OC)cc1.I. The van der Waals surface area contributed by atoms with Crippen molar-refractivity contribution in [2.75, 3.05) is 40.4 Å². The minimum absolute atomic E-state index is 0. The number of methoxy groups -OCH3 is 1. The number of hydrogen-bond acceptors (Lipinski definition) is 4. The van der Waals surface area contributed by atoms with Crippen LogP contribution in [0.25, 0.3) is 0 Å². The van der Waals surface area contributed by atoms with Crippen molar-refractivity contribution in [3.05, 3.63) is 59.9 Å². The van der Waals surface area contributed by atoms with Gasteiger partial charge in [-0.25, -0.2) is 4.39 Å². The highest BCUT2D eigenvalue weighted by Crippen LogP contribution is 2.16. The quantitative estimate of drug-likeness (QED) is 0.190. The van der Waals surface area contributed by atoms with Crippen molar-refractivity contribution >= 4 is 35.8 Å². The van der Waals surface area contributed by atoms with E-state index in [1.165, 1.54) is 12.1 Å². The van der Waals surface area contributed by atoms with Crippen LogP contribution in [0.5, 0.6) is 11.5 Å².